The predicted octanol–water partition coefficient (Wildman–Crippen LogP) is 2.04. The van der Waals surface area contributed by atoms with Crippen molar-refractivity contribution in [2.24, 2.45) is 16.7 Å². The lowest BCUT2D eigenvalue weighted by molar-refractivity contribution is -0.0308. The summed E-state index contributed by atoms with van der Waals surface area (Å²) in [4.78, 5) is 0. The highest BCUT2D eigenvalue weighted by Gasteiger charge is 2.59. The Bertz CT molecular complexity index is 294. The summed E-state index contributed by atoms with van der Waals surface area (Å²) in [7, 11) is 0. The van der Waals surface area contributed by atoms with E-state index in [1.165, 1.54) is 19.3 Å². The summed E-state index contributed by atoms with van der Waals surface area (Å²) >= 11 is 0. The summed E-state index contributed by atoms with van der Waals surface area (Å²) in [5, 5.41) is 2.39. The third-order valence-corrected chi connectivity index (χ3v) is 5.59. The van der Waals surface area contributed by atoms with Gasteiger partial charge in [-0.1, -0.05) is 20.8 Å². The van der Waals surface area contributed by atoms with Crippen LogP contribution in [0.25, 0.3) is 0 Å². The monoisotopic (exact) mass is 238 g/mol. The van der Waals surface area contributed by atoms with Gasteiger partial charge in [-0.25, -0.2) is 5.01 Å². The molecule has 0 aromatic rings. The largest absolute Gasteiger partial charge is 0.379 e. The van der Waals surface area contributed by atoms with E-state index in [0.29, 0.717) is 16.9 Å². The van der Waals surface area contributed by atoms with Crippen molar-refractivity contribution in [3.8, 4) is 0 Å². The maximum absolute atomic E-state index is 5.42. The van der Waals surface area contributed by atoms with Gasteiger partial charge in [0.1, 0.15) is 0 Å². The first kappa shape index (κ1) is 11.9. The van der Waals surface area contributed by atoms with Crippen LogP contribution in [0.3, 0.4) is 0 Å². The van der Waals surface area contributed by atoms with E-state index in [1.807, 2.05) is 0 Å². The van der Waals surface area contributed by atoms with Gasteiger partial charge in [-0.2, -0.15) is 0 Å². The number of fused-ring (bicyclic) bond motifs is 2. The highest BCUT2D eigenvalue weighted by Crippen LogP contribution is 2.62. The Hall–Kier alpha value is -0.120. The van der Waals surface area contributed by atoms with E-state index in [4.69, 9.17) is 4.74 Å². The molecule has 1 heterocycles. The molecule has 3 nitrogen and oxygen atoms in total. The first-order valence-electron chi connectivity index (χ1n) is 7.11. The molecule has 0 spiro atoms. The first-order valence-corrected chi connectivity index (χ1v) is 7.11. The van der Waals surface area contributed by atoms with E-state index in [2.05, 4.69) is 31.2 Å². The quantitative estimate of drug-likeness (QED) is 0.797. The SMILES string of the molecule is CC1(C)C(NN2CCOCC2)[C@]2(C)CC[C@H]1C2. The lowest BCUT2D eigenvalue weighted by Crippen LogP contribution is -2.58. The molecular formula is C14H26N2O. The average molecular weight is 238 g/mol. The number of nitrogens with zero attached hydrogens (tertiary/aromatic N) is 1. The fraction of sp³-hybridized carbons (Fsp3) is 1.00. The minimum Gasteiger partial charge on any atom is -0.379 e. The molecule has 3 atom stereocenters. The van der Waals surface area contributed by atoms with E-state index in [1.54, 1.807) is 0 Å². The van der Waals surface area contributed by atoms with Crippen molar-refractivity contribution >= 4 is 0 Å². The van der Waals surface area contributed by atoms with Crippen LogP contribution in [0.2, 0.25) is 0 Å². The standard InChI is InChI=1S/C14H26N2O/c1-13(2)11-4-5-14(3,10-11)12(13)15-16-6-8-17-9-7-16/h11-12,15H,4-10H2,1-3H3/t11-,12?,14+/m0/s1. The lowest BCUT2D eigenvalue weighted by Gasteiger charge is -2.46. The third kappa shape index (κ3) is 1.83. The van der Waals surface area contributed by atoms with Gasteiger partial charge in [0.25, 0.3) is 0 Å². The van der Waals surface area contributed by atoms with Crippen molar-refractivity contribution in [3.05, 3.63) is 0 Å². The molecule has 3 heteroatoms. The summed E-state index contributed by atoms with van der Waals surface area (Å²) in [6.45, 7) is 11.2. The summed E-state index contributed by atoms with van der Waals surface area (Å²) in [6, 6.07) is 0.645. The maximum Gasteiger partial charge on any atom is 0.0608 e. The van der Waals surface area contributed by atoms with Crippen molar-refractivity contribution in [3.63, 3.8) is 0 Å². The van der Waals surface area contributed by atoms with Gasteiger partial charge in [0, 0.05) is 19.1 Å². The number of nitrogens with one attached hydrogen (secondary N) is 1. The Balaban J connectivity index is 1.73. The Labute approximate surface area is 105 Å². The Kier molecular flexibility index (Phi) is 2.77. The van der Waals surface area contributed by atoms with Crippen LogP contribution in [-0.4, -0.2) is 37.4 Å². The number of rotatable bonds is 2. The van der Waals surface area contributed by atoms with Crippen molar-refractivity contribution in [1.82, 2.24) is 10.4 Å². The fourth-order valence-electron chi connectivity index (χ4n) is 4.50. The summed E-state index contributed by atoms with van der Waals surface area (Å²) in [6.07, 6.45) is 4.26. The molecule has 0 amide bonds. The predicted molar refractivity (Wildman–Crippen MR) is 68.5 cm³/mol. The first-order chi connectivity index (χ1) is 8.02. The van der Waals surface area contributed by atoms with E-state index in [9.17, 15) is 0 Å². The van der Waals surface area contributed by atoms with E-state index >= 15 is 0 Å². The molecule has 1 saturated heterocycles. The molecule has 1 N–H and O–H groups in total. The molecule has 0 radical (unpaired) electrons. The second-order valence-corrected chi connectivity index (χ2v) is 7.08. The summed E-state index contributed by atoms with van der Waals surface area (Å²) in [5.74, 6) is 0.922. The van der Waals surface area contributed by atoms with Gasteiger partial charge in [0.15, 0.2) is 0 Å². The normalized spacial score (nSPS) is 45.4. The van der Waals surface area contributed by atoms with Crippen LogP contribution in [0.5, 0.6) is 0 Å². The smallest absolute Gasteiger partial charge is 0.0608 e. The van der Waals surface area contributed by atoms with Crippen LogP contribution >= 0.6 is 0 Å². The van der Waals surface area contributed by atoms with E-state index in [-0.39, 0.29) is 0 Å². The zero-order valence-corrected chi connectivity index (χ0v) is 11.5. The number of hydrogen-bond acceptors (Lipinski definition) is 3. The summed E-state index contributed by atoms with van der Waals surface area (Å²) in [5.41, 5.74) is 4.80. The van der Waals surface area contributed by atoms with E-state index < -0.39 is 0 Å². The lowest BCUT2D eigenvalue weighted by atomic mass is 9.69. The van der Waals surface area contributed by atoms with Crippen LogP contribution in [0.1, 0.15) is 40.0 Å². The van der Waals surface area contributed by atoms with Crippen LogP contribution in [-0.2, 0) is 4.74 Å². The second kappa shape index (κ2) is 3.94. The van der Waals surface area contributed by atoms with Gasteiger partial charge in [0.2, 0.25) is 0 Å². The van der Waals surface area contributed by atoms with Gasteiger partial charge in [0.05, 0.1) is 13.2 Å². The van der Waals surface area contributed by atoms with Gasteiger partial charge < -0.3 is 4.74 Å². The van der Waals surface area contributed by atoms with Gasteiger partial charge in [-0.3, -0.25) is 5.43 Å². The molecule has 3 fully saturated rings. The number of hydrogen-bond donors (Lipinski definition) is 1. The topological polar surface area (TPSA) is 24.5 Å². The highest BCUT2D eigenvalue weighted by atomic mass is 16.5. The molecular weight excluding hydrogens is 212 g/mol. The van der Waals surface area contributed by atoms with Gasteiger partial charge in [-0.05, 0) is 36.0 Å². The third-order valence-electron chi connectivity index (χ3n) is 5.59. The van der Waals surface area contributed by atoms with Crippen LogP contribution in [0.4, 0.5) is 0 Å². The average Bonchev–Trinajstić information content (AvgIpc) is 2.77. The summed E-state index contributed by atoms with van der Waals surface area (Å²) < 4.78 is 5.42. The highest BCUT2D eigenvalue weighted by molar-refractivity contribution is 5.11. The Morgan fingerprint density at radius 1 is 1.18 bits per heavy atom. The molecule has 2 bridgehead atoms. The molecule has 1 unspecified atom stereocenters. The zero-order valence-electron chi connectivity index (χ0n) is 11.5. The van der Waals surface area contributed by atoms with E-state index in [0.717, 1.165) is 32.2 Å². The second-order valence-electron chi connectivity index (χ2n) is 7.08. The Morgan fingerprint density at radius 2 is 1.88 bits per heavy atom. The molecule has 3 aliphatic rings. The van der Waals surface area contributed by atoms with Crippen molar-refractivity contribution in [2.75, 3.05) is 26.3 Å². The van der Waals surface area contributed by atoms with Crippen molar-refractivity contribution in [2.45, 2.75) is 46.1 Å². The van der Waals surface area contributed by atoms with Gasteiger partial charge >= 0.3 is 0 Å². The molecule has 2 saturated carbocycles. The number of hydrazine groups is 1. The minimum absolute atomic E-state index is 0.450. The van der Waals surface area contributed by atoms with Crippen LogP contribution in [0.15, 0.2) is 0 Å². The minimum atomic E-state index is 0.450. The molecule has 1 aliphatic heterocycles. The number of ether oxygens (including phenoxy) is 1. The maximum atomic E-state index is 5.42. The molecule has 3 rings (SSSR count). The van der Waals surface area contributed by atoms with Crippen LogP contribution < -0.4 is 5.43 Å². The molecule has 0 aromatic carbocycles. The fourth-order valence-corrected chi connectivity index (χ4v) is 4.50. The van der Waals surface area contributed by atoms with Gasteiger partial charge in [-0.15, -0.1) is 0 Å². The zero-order chi connectivity index (χ0) is 12.1. The van der Waals surface area contributed by atoms with Crippen molar-refractivity contribution < 1.29 is 4.74 Å². The molecule has 98 valence electrons. The number of morpholine rings is 1. The molecule has 2 aliphatic carbocycles. The molecule has 17 heavy (non-hydrogen) atoms. The molecule has 0 aromatic heterocycles. The van der Waals surface area contributed by atoms with Crippen LogP contribution in [0, 0.1) is 16.7 Å². The van der Waals surface area contributed by atoms with Crippen molar-refractivity contribution in [1.29, 1.82) is 0 Å². The Morgan fingerprint density at radius 3 is 2.47 bits per heavy atom.